The summed E-state index contributed by atoms with van der Waals surface area (Å²) in [6, 6.07) is 14.8. The number of fused-ring (bicyclic) bond motifs is 1. The molecule has 2 aromatic rings. The van der Waals surface area contributed by atoms with Gasteiger partial charge in [-0.25, -0.2) is 9.59 Å². The molecule has 1 unspecified atom stereocenters. The Bertz CT molecular complexity index is 1090. The van der Waals surface area contributed by atoms with Crippen molar-refractivity contribution in [3.8, 4) is 11.5 Å². The predicted octanol–water partition coefficient (Wildman–Crippen LogP) is 3.57. The number of dihydropyridines is 1. The second-order valence-corrected chi connectivity index (χ2v) is 7.27. The van der Waals surface area contributed by atoms with Crippen molar-refractivity contribution in [1.82, 2.24) is 5.32 Å². The van der Waals surface area contributed by atoms with Gasteiger partial charge in [0.15, 0.2) is 11.5 Å². The van der Waals surface area contributed by atoms with Crippen molar-refractivity contribution in [3.05, 3.63) is 82.2 Å². The first kappa shape index (κ1) is 20.5. The summed E-state index contributed by atoms with van der Waals surface area (Å²) in [6.07, 6.45) is 0. The Morgan fingerprint density at radius 1 is 0.968 bits per heavy atom. The fourth-order valence-corrected chi connectivity index (χ4v) is 3.94. The topological polar surface area (TPSA) is 83.1 Å². The van der Waals surface area contributed by atoms with Gasteiger partial charge in [0, 0.05) is 17.0 Å². The minimum absolute atomic E-state index is 0.0735. The fourth-order valence-electron chi connectivity index (χ4n) is 3.94. The van der Waals surface area contributed by atoms with Crippen LogP contribution in [0.3, 0.4) is 0 Å². The Balaban J connectivity index is 1.77. The van der Waals surface area contributed by atoms with Crippen molar-refractivity contribution < 1.29 is 28.5 Å². The molecule has 2 aromatic carbocycles. The number of benzene rings is 2. The van der Waals surface area contributed by atoms with E-state index in [0.717, 1.165) is 5.56 Å². The summed E-state index contributed by atoms with van der Waals surface area (Å²) in [5.41, 5.74) is 3.36. The van der Waals surface area contributed by atoms with E-state index < -0.39 is 17.9 Å². The van der Waals surface area contributed by atoms with Crippen molar-refractivity contribution in [3.63, 3.8) is 0 Å². The third-order valence-electron chi connectivity index (χ3n) is 5.34. The van der Waals surface area contributed by atoms with Gasteiger partial charge < -0.3 is 24.3 Å². The van der Waals surface area contributed by atoms with Gasteiger partial charge in [-0.2, -0.15) is 0 Å². The number of carbonyl (C=O) groups is 2. The Labute approximate surface area is 180 Å². The molecule has 160 valence electrons. The first-order valence-corrected chi connectivity index (χ1v) is 9.87. The summed E-state index contributed by atoms with van der Waals surface area (Å²) < 4.78 is 21.8. The largest absolute Gasteiger partial charge is 0.466 e. The van der Waals surface area contributed by atoms with E-state index >= 15 is 0 Å². The number of nitrogens with one attached hydrogen (secondary N) is 1. The maximum Gasteiger partial charge on any atom is 0.337 e. The van der Waals surface area contributed by atoms with Crippen LogP contribution in [-0.2, 0) is 25.7 Å². The van der Waals surface area contributed by atoms with Gasteiger partial charge in [0.05, 0.1) is 24.2 Å². The number of allylic oxidation sites excluding steroid dienone is 2. The van der Waals surface area contributed by atoms with E-state index in [4.69, 9.17) is 18.9 Å². The molecule has 0 saturated heterocycles. The molecule has 0 bridgehead atoms. The lowest BCUT2D eigenvalue weighted by atomic mass is 9.80. The van der Waals surface area contributed by atoms with E-state index in [1.165, 1.54) is 7.11 Å². The van der Waals surface area contributed by atoms with Gasteiger partial charge in [-0.15, -0.1) is 0 Å². The lowest BCUT2D eigenvalue weighted by Gasteiger charge is -2.30. The molecule has 31 heavy (non-hydrogen) atoms. The second kappa shape index (κ2) is 8.55. The number of para-hydroxylation sites is 1. The highest BCUT2D eigenvalue weighted by Gasteiger charge is 2.40. The molecule has 0 amide bonds. The molecule has 0 saturated carbocycles. The molecule has 4 rings (SSSR count). The van der Waals surface area contributed by atoms with E-state index in [2.05, 4.69) is 5.32 Å². The van der Waals surface area contributed by atoms with Crippen LogP contribution in [0.2, 0.25) is 0 Å². The summed E-state index contributed by atoms with van der Waals surface area (Å²) >= 11 is 0. The van der Waals surface area contributed by atoms with E-state index in [1.807, 2.05) is 36.4 Å². The zero-order valence-electron chi connectivity index (χ0n) is 17.6. The van der Waals surface area contributed by atoms with E-state index in [1.54, 1.807) is 26.0 Å². The molecule has 2 heterocycles. The Hall–Kier alpha value is -3.74. The first-order valence-electron chi connectivity index (χ1n) is 9.87. The molecule has 7 heteroatoms. The van der Waals surface area contributed by atoms with Gasteiger partial charge in [0.2, 0.25) is 6.79 Å². The molecular formula is C24H23NO6. The van der Waals surface area contributed by atoms with Gasteiger partial charge in [-0.3, -0.25) is 0 Å². The summed E-state index contributed by atoms with van der Waals surface area (Å²) in [4.78, 5) is 26.0. The quantitative estimate of drug-likeness (QED) is 0.739. The highest BCUT2D eigenvalue weighted by Crippen LogP contribution is 2.47. The summed E-state index contributed by atoms with van der Waals surface area (Å²) in [5, 5.41) is 3.13. The van der Waals surface area contributed by atoms with Crippen LogP contribution < -0.4 is 14.8 Å². The van der Waals surface area contributed by atoms with Crippen molar-refractivity contribution in [2.75, 3.05) is 13.9 Å². The third kappa shape index (κ3) is 3.86. The van der Waals surface area contributed by atoms with E-state index in [0.29, 0.717) is 39.6 Å². The molecule has 2 aliphatic rings. The molecule has 0 aromatic heterocycles. The first-order chi connectivity index (χ1) is 15.0. The molecule has 2 aliphatic heterocycles. The van der Waals surface area contributed by atoms with E-state index in [9.17, 15) is 9.59 Å². The highest BCUT2D eigenvalue weighted by atomic mass is 16.7. The number of carbonyl (C=O) groups excluding carboxylic acids is 2. The van der Waals surface area contributed by atoms with Crippen LogP contribution in [0.15, 0.2) is 71.1 Å². The zero-order valence-corrected chi connectivity index (χ0v) is 17.6. The Morgan fingerprint density at radius 3 is 2.39 bits per heavy atom. The molecular weight excluding hydrogens is 398 g/mol. The Kier molecular flexibility index (Phi) is 5.66. The van der Waals surface area contributed by atoms with Crippen molar-refractivity contribution in [2.45, 2.75) is 26.4 Å². The number of ether oxygens (including phenoxy) is 4. The average Bonchev–Trinajstić information content (AvgIpc) is 3.26. The van der Waals surface area contributed by atoms with Crippen LogP contribution in [-0.4, -0.2) is 25.8 Å². The molecule has 7 nitrogen and oxygen atoms in total. The number of hydrogen-bond donors (Lipinski definition) is 1. The van der Waals surface area contributed by atoms with Crippen LogP contribution in [0.25, 0.3) is 0 Å². The minimum Gasteiger partial charge on any atom is -0.466 e. The monoisotopic (exact) mass is 421 g/mol. The van der Waals surface area contributed by atoms with Gasteiger partial charge in [0.25, 0.3) is 0 Å². The standard InChI is InChI=1S/C24H23NO6/c1-14-19(23(26)28-3)21(17-10-7-11-18-22(17)31-13-30-18)20(15(2)25-14)24(27)29-12-16-8-5-4-6-9-16/h4-11,21,25H,12-13H2,1-3H3. The average molecular weight is 421 g/mol. The molecule has 0 radical (unpaired) electrons. The zero-order chi connectivity index (χ0) is 22.0. The lowest BCUT2D eigenvalue weighted by molar-refractivity contribution is -0.140. The van der Waals surface area contributed by atoms with Crippen LogP contribution in [0, 0.1) is 0 Å². The highest BCUT2D eigenvalue weighted by molar-refractivity contribution is 6.00. The molecule has 0 spiro atoms. The van der Waals surface area contributed by atoms with Crippen LogP contribution in [0.4, 0.5) is 0 Å². The normalized spacial score (nSPS) is 17.3. The lowest BCUT2D eigenvalue weighted by Crippen LogP contribution is -2.32. The number of rotatable bonds is 5. The molecule has 0 aliphatic carbocycles. The molecule has 1 N–H and O–H groups in total. The number of esters is 2. The van der Waals surface area contributed by atoms with Gasteiger partial charge >= 0.3 is 11.9 Å². The number of hydrogen-bond acceptors (Lipinski definition) is 7. The van der Waals surface area contributed by atoms with Gasteiger partial charge in [0.1, 0.15) is 6.61 Å². The van der Waals surface area contributed by atoms with E-state index in [-0.39, 0.29) is 13.4 Å². The van der Waals surface area contributed by atoms with Crippen molar-refractivity contribution in [1.29, 1.82) is 0 Å². The van der Waals surface area contributed by atoms with Gasteiger partial charge in [-0.05, 0) is 25.5 Å². The SMILES string of the molecule is COC(=O)C1=C(C)NC(C)=C(C(=O)OCc2ccccc2)C1c1cccc2c1OCO2. The predicted molar refractivity (Wildman–Crippen MR) is 112 cm³/mol. The fraction of sp³-hybridized carbons (Fsp3) is 0.250. The Morgan fingerprint density at radius 2 is 1.68 bits per heavy atom. The summed E-state index contributed by atoms with van der Waals surface area (Å²) in [7, 11) is 1.31. The van der Waals surface area contributed by atoms with Crippen molar-refractivity contribution >= 4 is 11.9 Å². The second-order valence-electron chi connectivity index (χ2n) is 7.27. The molecule has 1 atom stereocenters. The maximum absolute atomic E-state index is 13.3. The van der Waals surface area contributed by atoms with Crippen LogP contribution >= 0.6 is 0 Å². The number of methoxy groups -OCH3 is 1. The minimum atomic E-state index is -0.728. The van der Waals surface area contributed by atoms with Crippen molar-refractivity contribution in [2.24, 2.45) is 0 Å². The summed E-state index contributed by atoms with van der Waals surface area (Å²) in [6.45, 7) is 3.75. The molecule has 0 fully saturated rings. The summed E-state index contributed by atoms with van der Waals surface area (Å²) in [5.74, 6) is -0.720. The maximum atomic E-state index is 13.3. The van der Waals surface area contributed by atoms with Gasteiger partial charge in [-0.1, -0.05) is 42.5 Å². The third-order valence-corrected chi connectivity index (χ3v) is 5.34. The van der Waals surface area contributed by atoms with Crippen LogP contribution in [0.5, 0.6) is 11.5 Å². The van der Waals surface area contributed by atoms with Crippen LogP contribution in [0.1, 0.15) is 30.9 Å². The smallest absolute Gasteiger partial charge is 0.337 e.